The van der Waals surface area contributed by atoms with Crippen LogP contribution in [0.15, 0.2) is 22.7 Å². The van der Waals surface area contributed by atoms with E-state index in [-0.39, 0.29) is 5.82 Å². The smallest absolute Gasteiger partial charge is 0.161 e. The first-order chi connectivity index (χ1) is 9.36. The molecular weight excluding hydrogens is 436 g/mol. The van der Waals surface area contributed by atoms with Crippen molar-refractivity contribution in [3.05, 3.63) is 37.8 Å². The van der Waals surface area contributed by atoms with Crippen LogP contribution in [0.4, 0.5) is 10.2 Å². The second-order valence-corrected chi connectivity index (χ2v) is 6.94. The second kappa shape index (κ2) is 6.34. The zero-order valence-electron chi connectivity index (χ0n) is 11.1. The van der Waals surface area contributed by atoms with Crippen LogP contribution in [0.3, 0.4) is 0 Å². The van der Waals surface area contributed by atoms with Gasteiger partial charge in [0.2, 0.25) is 0 Å². The zero-order valence-corrected chi connectivity index (χ0v) is 14.9. The highest BCUT2D eigenvalue weighted by molar-refractivity contribution is 14.1. The molecule has 3 nitrogen and oxygen atoms in total. The summed E-state index contributed by atoms with van der Waals surface area (Å²) in [6.07, 6.45) is 0.814. The number of hydrogen-bond donors (Lipinski definition) is 1. The standard InChI is InChI=1S/C14H14BrFIN3/c1-7(2)3-11-12(17)13(18)20-14(19-11)8-4-9(15)6-10(16)5-8/h4-7H,3H2,1-2H3,(H2,18,19,20). The normalized spacial score (nSPS) is 11.1. The van der Waals surface area contributed by atoms with Crippen LogP contribution >= 0.6 is 38.5 Å². The van der Waals surface area contributed by atoms with E-state index < -0.39 is 0 Å². The van der Waals surface area contributed by atoms with E-state index in [0.29, 0.717) is 27.6 Å². The third-order valence-corrected chi connectivity index (χ3v) is 4.30. The highest BCUT2D eigenvalue weighted by Crippen LogP contribution is 2.26. The van der Waals surface area contributed by atoms with Gasteiger partial charge in [0, 0.05) is 10.0 Å². The van der Waals surface area contributed by atoms with Crippen molar-refractivity contribution in [3.63, 3.8) is 0 Å². The quantitative estimate of drug-likeness (QED) is 0.705. The average molecular weight is 450 g/mol. The van der Waals surface area contributed by atoms with E-state index in [4.69, 9.17) is 5.73 Å². The Morgan fingerprint density at radius 3 is 2.60 bits per heavy atom. The predicted octanol–water partition coefficient (Wildman–Crippen LogP) is 4.43. The Morgan fingerprint density at radius 1 is 1.30 bits per heavy atom. The Bertz CT molecular complexity index is 626. The molecule has 106 valence electrons. The van der Waals surface area contributed by atoms with Gasteiger partial charge in [0.15, 0.2) is 5.82 Å². The molecule has 20 heavy (non-hydrogen) atoms. The summed E-state index contributed by atoms with van der Waals surface area (Å²) in [6.45, 7) is 4.24. The van der Waals surface area contributed by atoms with Gasteiger partial charge in [-0.3, -0.25) is 0 Å². The first-order valence-corrected chi connectivity index (χ1v) is 8.02. The molecule has 0 atom stereocenters. The van der Waals surface area contributed by atoms with Gasteiger partial charge in [-0.15, -0.1) is 0 Å². The molecule has 2 N–H and O–H groups in total. The van der Waals surface area contributed by atoms with Crippen LogP contribution < -0.4 is 5.73 Å². The number of hydrogen-bond acceptors (Lipinski definition) is 3. The molecule has 0 radical (unpaired) electrons. The number of halogens is 3. The van der Waals surface area contributed by atoms with E-state index in [0.717, 1.165) is 15.7 Å². The number of nitrogens with two attached hydrogens (primary N) is 1. The van der Waals surface area contributed by atoms with Crippen LogP contribution in [0.5, 0.6) is 0 Å². The van der Waals surface area contributed by atoms with Crippen molar-refractivity contribution in [2.75, 3.05) is 5.73 Å². The predicted molar refractivity (Wildman–Crippen MR) is 90.8 cm³/mol. The zero-order chi connectivity index (χ0) is 14.9. The Kier molecular flexibility index (Phi) is 4.95. The van der Waals surface area contributed by atoms with E-state index in [1.807, 2.05) is 0 Å². The van der Waals surface area contributed by atoms with Gasteiger partial charge in [0.25, 0.3) is 0 Å². The molecule has 0 spiro atoms. The molecule has 1 heterocycles. The van der Waals surface area contributed by atoms with Crippen LogP contribution in [-0.4, -0.2) is 9.97 Å². The van der Waals surface area contributed by atoms with Gasteiger partial charge in [-0.1, -0.05) is 29.8 Å². The van der Waals surface area contributed by atoms with Gasteiger partial charge < -0.3 is 5.73 Å². The van der Waals surface area contributed by atoms with E-state index >= 15 is 0 Å². The van der Waals surface area contributed by atoms with Gasteiger partial charge >= 0.3 is 0 Å². The maximum absolute atomic E-state index is 13.5. The van der Waals surface area contributed by atoms with E-state index in [2.05, 4.69) is 62.3 Å². The number of nitrogens with zero attached hydrogens (tertiary/aromatic N) is 2. The summed E-state index contributed by atoms with van der Waals surface area (Å²) in [5, 5.41) is 0. The summed E-state index contributed by atoms with van der Waals surface area (Å²) in [5.41, 5.74) is 7.47. The minimum Gasteiger partial charge on any atom is -0.383 e. The fourth-order valence-electron chi connectivity index (χ4n) is 1.85. The highest BCUT2D eigenvalue weighted by atomic mass is 127. The molecule has 2 aromatic rings. The molecular formula is C14H14BrFIN3. The second-order valence-electron chi connectivity index (χ2n) is 4.95. The minimum absolute atomic E-state index is 0.333. The number of rotatable bonds is 3. The van der Waals surface area contributed by atoms with Crippen LogP contribution in [0.2, 0.25) is 0 Å². The van der Waals surface area contributed by atoms with Crippen molar-refractivity contribution in [3.8, 4) is 11.4 Å². The van der Waals surface area contributed by atoms with Crippen molar-refractivity contribution < 1.29 is 4.39 Å². The molecule has 0 saturated carbocycles. The van der Waals surface area contributed by atoms with E-state index in [9.17, 15) is 4.39 Å². The fourth-order valence-corrected chi connectivity index (χ4v) is 2.77. The Hall–Kier alpha value is -0.760. The minimum atomic E-state index is -0.333. The molecule has 0 fully saturated rings. The lowest BCUT2D eigenvalue weighted by atomic mass is 10.1. The summed E-state index contributed by atoms with van der Waals surface area (Å²) < 4.78 is 15.0. The molecule has 0 amide bonds. The highest BCUT2D eigenvalue weighted by Gasteiger charge is 2.13. The number of nitrogen functional groups attached to an aromatic ring is 1. The van der Waals surface area contributed by atoms with E-state index in [1.54, 1.807) is 6.07 Å². The van der Waals surface area contributed by atoms with Gasteiger partial charge in [-0.25, -0.2) is 14.4 Å². The number of aromatic nitrogens is 2. The van der Waals surface area contributed by atoms with Crippen molar-refractivity contribution in [1.29, 1.82) is 0 Å². The van der Waals surface area contributed by atoms with Crippen LogP contribution in [0.25, 0.3) is 11.4 Å². The lowest BCUT2D eigenvalue weighted by Crippen LogP contribution is -2.07. The molecule has 0 aliphatic heterocycles. The van der Waals surface area contributed by atoms with Crippen molar-refractivity contribution in [1.82, 2.24) is 9.97 Å². The Balaban J connectivity index is 2.54. The van der Waals surface area contributed by atoms with Gasteiger partial charge in [-0.05, 0) is 53.1 Å². The lowest BCUT2D eigenvalue weighted by molar-refractivity contribution is 0.626. The van der Waals surface area contributed by atoms with Crippen molar-refractivity contribution in [2.45, 2.75) is 20.3 Å². The summed E-state index contributed by atoms with van der Waals surface area (Å²) in [6, 6.07) is 4.59. The molecule has 1 aromatic heterocycles. The van der Waals surface area contributed by atoms with Crippen LogP contribution in [0.1, 0.15) is 19.5 Å². The summed E-state index contributed by atoms with van der Waals surface area (Å²) in [5.74, 6) is 1.02. The first-order valence-electron chi connectivity index (χ1n) is 6.15. The topological polar surface area (TPSA) is 51.8 Å². The average Bonchev–Trinajstić information content (AvgIpc) is 2.32. The lowest BCUT2D eigenvalue weighted by Gasteiger charge is -2.11. The van der Waals surface area contributed by atoms with Crippen LogP contribution in [0, 0.1) is 15.3 Å². The van der Waals surface area contributed by atoms with Crippen molar-refractivity contribution >= 4 is 44.3 Å². The van der Waals surface area contributed by atoms with Crippen molar-refractivity contribution in [2.24, 2.45) is 5.92 Å². The SMILES string of the molecule is CC(C)Cc1nc(-c2cc(F)cc(Br)c2)nc(N)c1I. The number of benzene rings is 1. The summed E-state index contributed by atoms with van der Waals surface area (Å²) in [7, 11) is 0. The van der Waals surface area contributed by atoms with Gasteiger partial charge in [0.05, 0.1) is 9.26 Å². The maximum atomic E-state index is 13.5. The molecule has 0 bridgehead atoms. The molecule has 0 unspecified atom stereocenters. The molecule has 0 saturated heterocycles. The Labute approximate surface area is 139 Å². The molecule has 6 heteroatoms. The summed E-state index contributed by atoms with van der Waals surface area (Å²) in [4.78, 5) is 8.80. The first kappa shape index (κ1) is 15.6. The third-order valence-electron chi connectivity index (χ3n) is 2.67. The summed E-state index contributed by atoms with van der Waals surface area (Å²) >= 11 is 5.43. The molecule has 2 rings (SSSR count). The van der Waals surface area contributed by atoms with Gasteiger partial charge in [-0.2, -0.15) is 0 Å². The third kappa shape index (κ3) is 3.66. The van der Waals surface area contributed by atoms with Crippen LogP contribution in [-0.2, 0) is 6.42 Å². The maximum Gasteiger partial charge on any atom is 0.161 e. The monoisotopic (exact) mass is 449 g/mol. The Morgan fingerprint density at radius 2 is 2.00 bits per heavy atom. The molecule has 0 aliphatic carbocycles. The number of anilines is 1. The molecule has 1 aromatic carbocycles. The largest absolute Gasteiger partial charge is 0.383 e. The fraction of sp³-hybridized carbons (Fsp3) is 0.286. The molecule has 0 aliphatic rings. The van der Waals surface area contributed by atoms with E-state index in [1.165, 1.54) is 12.1 Å². The van der Waals surface area contributed by atoms with Gasteiger partial charge in [0.1, 0.15) is 11.6 Å².